The first kappa shape index (κ1) is 15.8. The largest absolute Gasteiger partial charge is 0.377 e. The van der Waals surface area contributed by atoms with Crippen molar-refractivity contribution in [2.75, 3.05) is 13.7 Å². The third kappa shape index (κ3) is 3.33. The number of nitrogens with zero attached hydrogens (tertiary/aromatic N) is 2. The van der Waals surface area contributed by atoms with Crippen molar-refractivity contribution in [3.63, 3.8) is 0 Å². The molecule has 20 heavy (non-hydrogen) atoms. The number of nitrogens with one attached hydrogen (secondary N) is 1. The van der Waals surface area contributed by atoms with Crippen LogP contribution >= 0.6 is 0 Å². The minimum atomic E-state index is -0.339. The van der Waals surface area contributed by atoms with Crippen molar-refractivity contribution in [1.82, 2.24) is 10.2 Å². The molecule has 114 valence electrons. The summed E-state index contributed by atoms with van der Waals surface area (Å²) < 4.78 is 5.70. The number of nitriles is 1. The second-order valence-corrected chi connectivity index (χ2v) is 6.84. The standard InChI is InChI=1S/C16H29N3O/c1-12(2)18-16(11-17)8-5-6-14(10-16)19(4)15-7-9-20-13(15)3/h12-15,18H,5-10H2,1-4H3. The van der Waals surface area contributed by atoms with Gasteiger partial charge in [0.15, 0.2) is 0 Å². The van der Waals surface area contributed by atoms with Gasteiger partial charge in [0.05, 0.1) is 12.2 Å². The van der Waals surface area contributed by atoms with Gasteiger partial charge in [0.25, 0.3) is 0 Å². The molecule has 1 aliphatic carbocycles. The molecule has 0 aromatic carbocycles. The normalized spacial score (nSPS) is 38.4. The van der Waals surface area contributed by atoms with Crippen molar-refractivity contribution < 1.29 is 4.74 Å². The van der Waals surface area contributed by atoms with Crippen molar-refractivity contribution in [1.29, 1.82) is 5.26 Å². The van der Waals surface area contributed by atoms with Crippen LogP contribution in [0.25, 0.3) is 0 Å². The van der Waals surface area contributed by atoms with E-state index >= 15 is 0 Å². The highest BCUT2D eigenvalue weighted by Crippen LogP contribution is 2.33. The fourth-order valence-electron chi connectivity index (χ4n) is 3.94. The predicted molar refractivity (Wildman–Crippen MR) is 80.5 cm³/mol. The van der Waals surface area contributed by atoms with Crippen molar-refractivity contribution in [3.8, 4) is 6.07 Å². The van der Waals surface area contributed by atoms with E-state index in [4.69, 9.17) is 4.74 Å². The lowest BCUT2D eigenvalue weighted by Crippen LogP contribution is -2.56. The summed E-state index contributed by atoms with van der Waals surface area (Å²) in [5, 5.41) is 13.2. The monoisotopic (exact) mass is 279 g/mol. The molecule has 0 radical (unpaired) electrons. The Hall–Kier alpha value is -0.630. The lowest BCUT2D eigenvalue weighted by atomic mass is 9.78. The zero-order valence-electron chi connectivity index (χ0n) is 13.4. The molecule has 0 spiro atoms. The van der Waals surface area contributed by atoms with Gasteiger partial charge in [-0.25, -0.2) is 0 Å². The Kier molecular flexibility index (Phi) is 5.06. The highest BCUT2D eigenvalue weighted by molar-refractivity contribution is 5.12. The Morgan fingerprint density at radius 2 is 2.15 bits per heavy atom. The summed E-state index contributed by atoms with van der Waals surface area (Å²) in [6.07, 6.45) is 5.67. The van der Waals surface area contributed by atoms with Crippen LogP contribution in [0.3, 0.4) is 0 Å². The number of ether oxygens (including phenoxy) is 1. The molecule has 4 heteroatoms. The van der Waals surface area contributed by atoms with Gasteiger partial charge in [0.2, 0.25) is 0 Å². The van der Waals surface area contributed by atoms with E-state index in [-0.39, 0.29) is 5.54 Å². The quantitative estimate of drug-likeness (QED) is 0.858. The molecule has 1 aliphatic heterocycles. The number of hydrogen-bond donors (Lipinski definition) is 1. The Bertz CT molecular complexity index is 365. The lowest BCUT2D eigenvalue weighted by molar-refractivity contribution is 0.0480. The average Bonchev–Trinajstić information content (AvgIpc) is 2.83. The number of rotatable bonds is 4. The first-order valence-corrected chi connectivity index (χ1v) is 8.00. The molecule has 4 nitrogen and oxygen atoms in total. The molecular weight excluding hydrogens is 250 g/mol. The smallest absolute Gasteiger partial charge is 0.108 e. The number of likely N-dealkylation sites (N-methyl/N-ethyl adjacent to an activating group) is 1. The zero-order chi connectivity index (χ0) is 14.8. The molecule has 2 rings (SSSR count). The molecule has 1 saturated heterocycles. The summed E-state index contributed by atoms with van der Waals surface area (Å²) in [7, 11) is 2.21. The Morgan fingerprint density at radius 1 is 1.40 bits per heavy atom. The van der Waals surface area contributed by atoms with Crippen LogP contribution in [0.5, 0.6) is 0 Å². The molecule has 0 bridgehead atoms. The average molecular weight is 279 g/mol. The molecule has 0 aromatic heterocycles. The van der Waals surface area contributed by atoms with Crippen molar-refractivity contribution in [2.45, 2.75) is 82.6 Å². The molecule has 4 unspecified atom stereocenters. The van der Waals surface area contributed by atoms with Crippen molar-refractivity contribution in [2.24, 2.45) is 0 Å². The Labute approximate surface area is 123 Å². The molecule has 1 N–H and O–H groups in total. The highest BCUT2D eigenvalue weighted by atomic mass is 16.5. The molecule has 2 fully saturated rings. The predicted octanol–water partition coefficient (Wildman–Crippen LogP) is 2.30. The third-order valence-electron chi connectivity index (χ3n) is 4.94. The van der Waals surface area contributed by atoms with E-state index in [9.17, 15) is 5.26 Å². The van der Waals surface area contributed by atoms with Gasteiger partial charge in [-0.1, -0.05) is 0 Å². The molecule has 1 heterocycles. The third-order valence-corrected chi connectivity index (χ3v) is 4.94. The molecule has 2 aliphatic rings. The van der Waals surface area contributed by atoms with Gasteiger partial charge in [-0.3, -0.25) is 10.2 Å². The summed E-state index contributed by atoms with van der Waals surface area (Å²) in [5.41, 5.74) is -0.339. The molecule has 0 amide bonds. The van der Waals surface area contributed by atoms with Gasteiger partial charge < -0.3 is 4.74 Å². The van der Waals surface area contributed by atoms with Gasteiger partial charge in [-0.2, -0.15) is 5.26 Å². The Balaban J connectivity index is 2.04. The Morgan fingerprint density at radius 3 is 2.70 bits per heavy atom. The first-order valence-electron chi connectivity index (χ1n) is 8.00. The van der Waals surface area contributed by atoms with Crippen LogP contribution in [-0.4, -0.2) is 48.3 Å². The summed E-state index contributed by atoms with van der Waals surface area (Å²) in [6.45, 7) is 7.29. The molecule has 0 aromatic rings. The highest BCUT2D eigenvalue weighted by Gasteiger charge is 2.41. The second kappa shape index (κ2) is 6.43. The van der Waals surface area contributed by atoms with E-state index in [0.29, 0.717) is 24.2 Å². The minimum absolute atomic E-state index is 0.316. The first-order chi connectivity index (χ1) is 9.47. The summed E-state index contributed by atoms with van der Waals surface area (Å²) >= 11 is 0. The summed E-state index contributed by atoms with van der Waals surface area (Å²) in [4.78, 5) is 2.48. The van der Waals surface area contributed by atoms with Gasteiger partial charge in [-0.15, -0.1) is 0 Å². The van der Waals surface area contributed by atoms with Crippen LogP contribution in [0.15, 0.2) is 0 Å². The second-order valence-electron chi connectivity index (χ2n) is 6.84. The summed E-state index contributed by atoms with van der Waals surface area (Å²) in [6, 6.07) is 3.92. The van der Waals surface area contributed by atoms with E-state index in [1.54, 1.807) is 0 Å². The van der Waals surface area contributed by atoms with Gasteiger partial charge in [0.1, 0.15) is 5.54 Å². The van der Waals surface area contributed by atoms with Gasteiger partial charge >= 0.3 is 0 Å². The van der Waals surface area contributed by atoms with E-state index in [1.807, 2.05) is 0 Å². The topological polar surface area (TPSA) is 48.3 Å². The van der Waals surface area contributed by atoms with Crippen LogP contribution in [0.4, 0.5) is 0 Å². The van der Waals surface area contributed by atoms with E-state index in [0.717, 1.165) is 32.3 Å². The van der Waals surface area contributed by atoms with Crippen LogP contribution < -0.4 is 5.32 Å². The SMILES string of the molecule is CC(C)NC1(C#N)CCCC(N(C)C2CCOC2C)C1. The maximum absolute atomic E-state index is 9.65. The summed E-state index contributed by atoms with van der Waals surface area (Å²) in [5.74, 6) is 0. The van der Waals surface area contributed by atoms with Crippen LogP contribution in [0.1, 0.15) is 52.9 Å². The van der Waals surface area contributed by atoms with Crippen molar-refractivity contribution in [3.05, 3.63) is 0 Å². The molecule has 1 saturated carbocycles. The van der Waals surface area contributed by atoms with E-state index in [1.165, 1.54) is 6.42 Å². The molecular formula is C16H29N3O. The van der Waals surface area contributed by atoms with Crippen LogP contribution in [-0.2, 0) is 4.74 Å². The van der Waals surface area contributed by atoms with Crippen LogP contribution in [0, 0.1) is 11.3 Å². The fourth-order valence-corrected chi connectivity index (χ4v) is 3.94. The lowest BCUT2D eigenvalue weighted by Gasteiger charge is -2.43. The van der Waals surface area contributed by atoms with Gasteiger partial charge in [-0.05, 0) is 59.9 Å². The fraction of sp³-hybridized carbons (Fsp3) is 0.938. The van der Waals surface area contributed by atoms with Gasteiger partial charge in [0, 0.05) is 24.7 Å². The zero-order valence-corrected chi connectivity index (χ0v) is 13.4. The number of hydrogen-bond acceptors (Lipinski definition) is 4. The van der Waals surface area contributed by atoms with E-state index in [2.05, 4.69) is 44.1 Å². The van der Waals surface area contributed by atoms with E-state index < -0.39 is 0 Å². The van der Waals surface area contributed by atoms with Crippen LogP contribution in [0.2, 0.25) is 0 Å². The maximum Gasteiger partial charge on any atom is 0.108 e. The molecule has 4 atom stereocenters. The maximum atomic E-state index is 9.65. The van der Waals surface area contributed by atoms with Crippen molar-refractivity contribution >= 4 is 0 Å². The minimum Gasteiger partial charge on any atom is -0.377 e.